The van der Waals surface area contributed by atoms with Crippen LogP contribution in [0.5, 0.6) is 0 Å². The van der Waals surface area contributed by atoms with Gasteiger partial charge in [0, 0.05) is 33.5 Å². The summed E-state index contributed by atoms with van der Waals surface area (Å²) in [5.41, 5.74) is 1.07. The van der Waals surface area contributed by atoms with Crippen LogP contribution in [0.4, 0.5) is 0 Å². The number of hydrogen-bond acceptors (Lipinski definition) is 3. The highest BCUT2D eigenvalue weighted by Crippen LogP contribution is 2.29. The number of pyridine rings is 1. The van der Waals surface area contributed by atoms with Crippen molar-refractivity contribution in [3.05, 3.63) is 34.0 Å². The molecule has 0 aromatic carbocycles. The Balaban J connectivity index is 2.37. The largest absolute Gasteiger partial charge is 0.263 e. The molecule has 0 bridgehead atoms. The number of halogens is 1. The van der Waals surface area contributed by atoms with E-state index in [1.165, 1.54) is 4.88 Å². The fraction of sp³-hybridized carbons (Fsp3) is 0.273. The van der Waals surface area contributed by atoms with Gasteiger partial charge in [0.25, 0.3) is 0 Å². The van der Waals surface area contributed by atoms with Crippen LogP contribution in [0.3, 0.4) is 0 Å². The van der Waals surface area contributed by atoms with E-state index in [0.717, 1.165) is 15.0 Å². The molecule has 78 valence electrons. The molecule has 0 radical (unpaired) electrons. The molecule has 0 aliphatic heterocycles. The zero-order valence-electron chi connectivity index (χ0n) is 8.57. The molecule has 2 nitrogen and oxygen atoms in total. The van der Waals surface area contributed by atoms with Crippen LogP contribution < -0.4 is 0 Å². The van der Waals surface area contributed by atoms with E-state index < -0.39 is 0 Å². The summed E-state index contributed by atoms with van der Waals surface area (Å²) in [6, 6.07) is 2.04. The number of rotatable bonds is 2. The monoisotopic (exact) mass is 282 g/mol. The number of nitrogens with zero attached hydrogens (tertiary/aromatic N) is 2. The maximum atomic E-state index is 4.41. The van der Waals surface area contributed by atoms with Crippen LogP contribution in [0.25, 0.3) is 10.6 Å². The molecule has 0 N–H and O–H groups in total. The predicted octanol–water partition coefficient (Wildman–Crippen LogP) is 4.09. The average Bonchev–Trinajstić information content (AvgIpc) is 2.66. The molecule has 0 aliphatic carbocycles. The Labute approximate surface area is 102 Å². The molecule has 0 saturated carbocycles. The maximum absolute atomic E-state index is 4.41. The fourth-order valence-corrected chi connectivity index (χ4v) is 2.48. The van der Waals surface area contributed by atoms with Gasteiger partial charge in [-0.15, -0.1) is 11.3 Å². The van der Waals surface area contributed by atoms with E-state index in [-0.39, 0.29) is 0 Å². The lowest BCUT2D eigenvalue weighted by atomic mass is 10.2. The molecule has 0 atom stereocenters. The van der Waals surface area contributed by atoms with Crippen LogP contribution in [0.15, 0.2) is 29.1 Å². The van der Waals surface area contributed by atoms with Gasteiger partial charge in [0.2, 0.25) is 0 Å². The van der Waals surface area contributed by atoms with E-state index in [0.29, 0.717) is 5.92 Å². The Bertz CT molecular complexity index is 465. The first-order chi connectivity index (χ1) is 7.16. The van der Waals surface area contributed by atoms with Gasteiger partial charge in [-0.25, -0.2) is 4.98 Å². The van der Waals surface area contributed by atoms with Crippen molar-refractivity contribution in [1.29, 1.82) is 0 Å². The summed E-state index contributed by atoms with van der Waals surface area (Å²) in [6.07, 6.45) is 5.57. The molecular weight excluding hydrogens is 272 g/mol. The molecule has 0 fully saturated rings. The van der Waals surface area contributed by atoms with Crippen molar-refractivity contribution < 1.29 is 0 Å². The Kier molecular flexibility index (Phi) is 3.17. The van der Waals surface area contributed by atoms with Crippen LogP contribution in [-0.4, -0.2) is 9.97 Å². The summed E-state index contributed by atoms with van der Waals surface area (Å²) in [5.74, 6) is 0.538. The van der Waals surface area contributed by atoms with Gasteiger partial charge in [-0.2, -0.15) is 0 Å². The molecule has 0 spiro atoms. The third kappa shape index (κ3) is 2.44. The van der Waals surface area contributed by atoms with E-state index in [1.54, 1.807) is 17.5 Å². The molecule has 2 aromatic rings. The van der Waals surface area contributed by atoms with Crippen molar-refractivity contribution in [2.45, 2.75) is 19.8 Å². The lowest BCUT2D eigenvalue weighted by molar-refractivity contribution is 0.885. The number of hydrogen-bond donors (Lipinski definition) is 0. The third-order valence-corrected chi connectivity index (χ3v) is 3.83. The first-order valence-corrected chi connectivity index (χ1v) is 6.34. The molecular formula is C11H11BrN2S. The number of thiazole rings is 1. The van der Waals surface area contributed by atoms with Crippen LogP contribution in [0.1, 0.15) is 24.6 Å². The summed E-state index contributed by atoms with van der Waals surface area (Å²) >= 11 is 5.14. The Morgan fingerprint density at radius 2 is 2.07 bits per heavy atom. The molecule has 2 rings (SSSR count). The lowest BCUT2D eigenvalue weighted by Gasteiger charge is -1.97. The Morgan fingerprint density at radius 1 is 1.27 bits per heavy atom. The highest BCUT2D eigenvalue weighted by molar-refractivity contribution is 9.10. The second-order valence-corrected chi connectivity index (χ2v) is 5.59. The zero-order valence-corrected chi connectivity index (χ0v) is 11.0. The quantitative estimate of drug-likeness (QED) is 0.829. The van der Waals surface area contributed by atoms with E-state index in [2.05, 4.69) is 39.7 Å². The van der Waals surface area contributed by atoms with Crippen LogP contribution in [-0.2, 0) is 0 Å². The molecule has 4 heteroatoms. The van der Waals surface area contributed by atoms with Gasteiger partial charge >= 0.3 is 0 Å². The lowest BCUT2D eigenvalue weighted by Crippen LogP contribution is -1.78. The minimum absolute atomic E-state index is 0.538. The maximum Gasteiger partial charge on any atom is 0.125 e. The van der Waals surface area contributed by atoms with Crippen molar-refractivity contribution in [2.75, 3.05) is 0 Å². The van der Waals surface area contributed by atoms with Crippen LogP contribution >= 0.6 is 27.3 Å². The summed E-state index contributed by atoms with van der Waals surface area (Å²) in [7, 11) is 0. The van der Waals surface area contributed by atoms with Gasteiger partial charge in [0.1, 0.15) is 5.01 Å². The number of aromatic nitrogens is 2. The standard InChI is InChI=1S/C11H11BrN2S/c1-7(2)10-6-14-11(15-10)8-3-9(12)5-13-4-8/h3-7H,1-2H3. The van der Waals surface area contributed by atoms with Crippen molar-refractivity contribution in [1.82, 2.24) is 9.97 Å². The topological polar surface area (TPSA) is 25.8 Å². The first-order valence-electron chi connectivity index (χ1n) is 4.73. The Hall–Kier alpha value is -0.740. The summed E-state index contributed by atoms with van der Waals surface area (Å²) in [6.45, 7) is 4.35. The van der Waals surface area contributed by atoms with Gasteiger partial charge in [-0.1, -0.05) is 13.8 Å². The normalized spacial score (nSPS) is 10.9. The van der Waals surface area contributed by atoms with E-state index in [9.17, 15) is 0 Å². The molecule has 0 aliphatic rings. The summed E-state index contributed by atoms with van der Waals surface area (Å²) < 4.78 is 0.987. The average molecular weight is 283 g/mol. The minimum atomic E-state index is 0.538. The molecule has 2 aromatic heterocycles. The fourth-order valence-electron chi connectivity index (χ4n) is 1.22. The van der Waals surface area contributed by atoms with Crippen LogP contribution in [0, 0.1) is 0 Å². The van der Waals surface area contributed by atoms with Gasteiger partial charge in [-0.3, -0.25) is 4.98 Å². The second kappa shape index (κ2) is 4.41. The van der Waals surface area contributed by atoms with Crippen molar-refractivity contribution in [3.63, 3.8) is 0 Å². The predicted molar refractivity (Wildman–Crippen MR) is 67.1 cm³/mol. The minimum Gasteiger partial charge on any atom is -0.263 e. The second-order valence-electron chi connectivity index (χ2n) is 3.61. The van der Waals surface area contributed by atoms with E-state index in [4.69, 9.17) is 0 Å². The van der Waals surface area contributed by atoms with Crippen molar-refractivity contribution in [3.8, 4) is 10.6 Å². The van der Waals surface area contributed by atoms with Gasteiger partial charge in [0.15, 0.2) is 0 Å². The van der Waals surface area contributed by atoms with Crippen LogP contribution in [0.2, 0.25) is 0 Å². The molecule has 2 heterocycles. The smallest absolute Gasteiger partial charge is 0.125 e. The molecule has 0 saturated heterocycles. The Morgan fingerprint density at radius 3 is 2.67 bits per heavy atom. The molecule has 0 amide bonds. The van der Waals surface area contributed by atoms with Crippen molar-refractivity contribution >= 4 is 27.3 Å². The van der Waals surface area contributed by atoms with Crippen molar-refractivity contribution in [2.24, 2.45) is 0 Å². The van der Waals surface area contributed by atoms with Gasteiger partial charge < -0.3 is 0 Å². The van der Waals surface area contributed by atoms with E-state index >= 15 is 0 Å². The first kappa shape index (κ1) is 10.8. The van der Waals surface area contributed by atoms with Gasteiger partial charge in [0.05, 0.1) is 0 Å². The zero-order chi connectivity index (χ0) is 10.8. The third-order valence-electron chi connectivity index (χ3n) is 2.04. The van der Waals surface area contributed by atoms with Gasteiger partial charge in [-0.05, 0) is 27.9 Å². The highest BCUT2D eigenvalue weighted by Gasteiger charge is 2.07. The summed E-state index contributed by atoms with van der Waals surface area (Å²) in [4.78, 5) is 9.85. The highest BCUT2D eigenvalue weighted by atomic mass is 79.9. The summed E-state index contributed by atoms with van der Waals surface area (Å²) in [5, 5.41) is 1.03. The van der Waals surface area contributed by atoms with E-state index in [1.807, 2.05) is 18.5 Å². The SMILES string of the molecule is CC(C)c1cnc(-c2cncc(Br)c2)s1. The molecule has 15 heavy (non-hydrogen) atoms. The molecule has 0 unspecified atom stereocenters.